The lowest BCUT2D eigenvalue weighted by Crippen LogP contribution is -2.46. The van der Waals surface area contributed by atoms with Crippen molar-refractivity contribution in [1.82, 2.24) is 14.9 Å². The zero-order chi connectivity index (χ0) is 15.7. The molecule has 1 aliphatic heterocycles. The fraction of sp³-hybridized carbons (Fsp3) is 0.533. The second-order valence-corrected chi connectivity index (χ2v) is 6.52. The van der Waals surface area contributed by atoms with Crippen molar-refractivity contribution in [2.24, 2.45) is 0 Å². The standard InChI is InChI=1S/C15H21N5OS/c1-4-11-10(2)12-13(16-3)17-15(18-14(12)22-11)20-7-5-19(9-21)6-8-20/h9H,4-8H2,1-3H3,(H,16,17,18). The average molecular weight is 319 g/mol. The summed E-state index contributed by atoms with van der Waals surface area (Å²) in [5.41, 5.74) is 1.28. The number of hydrogen-bond acceptors (Lipinski definition) is 6. The van der Waals surface area contributed by atoms with Gasteiger partial charge in [0.15, 0.2) is 0 Å². The summed E-state index contributed by atoms with van der Waals surface area (Å²) >= 11 is 1.75. The number of carbonyl (C=O) groups excluding carboxylic acids is 1. The molecule has 0 atom stereocenters. The Labute approximate surface area is 134 Å². The molecule has 2 aromatic rings. The molecule has 1 aliphatic rings. The summed E-state index contributed by atoms with van der Waals surface area (Å²) in [5.74, 6) is 1.65. The van der Waals surface area contributed by atoms with Crippen LogP contribution in [0.3, 0.4) is 0 Å². The third kappa shape index (κ3) is 2.49. The van der Waals surface area contributed by atoms with Gasteiger partial charge >= 0.3 is 0 Å². The van der Waals surface area contributed by atoms with E-state index in [9.17, 15) is 4.79 Å². The molecule has 7 heteroatoms. The van der Waals surface area contributed by atoms with Gasteiger partial charge in [-0.05, 0) is 18.9 Å². The van der Waals surface area contributed by atoms with Crippen LogP contribution in [-0.2, 0) is 11.2 Å². The Kier molecular flexibility index (Phi) is 4.15. The van der Waals surface area contributed by atoms with Gasteiger partial charge in [0.1, 0.15) is 10.6 Å². The van der Waals surface area contributed by atoms with Crippen molar-refractivity contribution < 1.29 is 4.79 Å². The van der Waals surface area contributed by atoms with Crippen molar-refractivity contribution in [2.75, 3.05) is 43.4 Å². The van der Waals surface area contributed by atoms with Crippen LogP contribution in [0.4, 0.5) is 11.8 Å². The van der Waals surface area contributed by atoms with Crippen LogP contribution in [0.1, 0.15) is 17.4 Å². The van der Waals surface area contributed by atoms with E-state index >= 15 is 0 Å². The minimum atomic E-state index is 0.726. The molecule has 3 heterocycles. The quantitative estimate of drug-likeness (QED) is 0.872. The molecular weight excluding hydrogens is 298 g/mol. The number of aromatic nitrogens is 2. The van der Waals surface area contributed by atoms with Crippen molar-refractivity contribution in [3.05, 3.63) is 10.4 Å². The van der Waals surface area contributed by atoms with E-state index in [1.54, 1.807) is 16.2 Å². The molecule has 1 fully saturated rings. The number of thiophene rings is 1. The minimum absolute atomic E-state index is 0.726. The van der Waals surface area contributed by atoms with Gasteiger partial charge < -0.3 is 15.1 Å². The van der Waals surface area contributed by atoms with Gasteiger partial charge in [-0.3, -0.25) is 4.79 Å². The number of fused-ring (bicyclic) bond motifs is 1. The summed E-state index contributed by atoms with van der Waals surface area (Å²) in [4.78, 5) is 26.7. The second kappa shape index (κ2) is 6.08. The first-order valence-corrected chi connectivity index (χ1v) is 8.41. The lowest BCUT2D eigenvalue weighted by Gasteiger charge is -2.32. The fourth-order valence-corrected chi connectivity index (χ4v) is 3.97. The first-order valence-electron chi connectivity index (χ1n) is 7.60. The number of piperazine rings is 1. The second-order valence-electron chi connectivity index (χ2n) is 5.43. The van der Waals surface area contributed by atoms with Crippen LogP contribution in [0.5, 0.6) is 0 Å². The summed E-state index contributed by atoms with van der Waals surface area (Å²) in [6, 6.07) is 0. The Balaban J connectivity index is 1.99. The molecule has 0 aromatic carbocycles. The number of amides is 1. The summed E-state index contributed by atoms with van der Waals surface area (Å²) in [6.45, 7) is 7.32. The third-order valence-corrected chi connectivity index (χ3v) is 5.51. The Hall–Kier alpha value is -1.89. The molecule has 22 heavy (non-hydrogen) atoms. The van der Waals surface area contributed by atoms with Gasteiger partial charge in [-0.25, -0.2) is 4.98 Å². The lowest BCUT2D eigenvalue weighted by molar-refractivity contribution is -0.118. The van der Waals surface area contributed by atoms with Gasteiger partial charge in [0.2, 0.25) is 12.4 Å². The normalized spacial score (nSPS) is 15.4. The van der Waals surface area contributed by atoms with Crippen LogP contribution in [0.25, 0.3) is 10.2 Å². The molecule has 6 nitrogen and oxygen atoms in total. The van der Waals surface area contributed by atoms with E-state index in [-0.39, 0.29) is 0 Å². The molecule has 3 rings (SSSR count). The highest BCUT2D eigenvalue weighted by molar-refractivity contribution is 7.19. The van der Waals surface area contributed by atoms with E-state index in [1.165, 1.54) is 10.4 Å². The van der Waals surface area contributed by atoms with Gasteiger partial charge in [-0.15, -0.1) is 11.3 Å². The lowest BCUT2D eigenvalue weighted by atomic mass is 10.2. The van der Waals surface area contributed by atoms with Crippen LogP contribution < -0.4 is 10.2 Å². The van der Waals surface area contributed by atoms with E-state index < -0.39 is 0 Å². The Morgan fingerprint density at radius 1 is 1.27 bits per heavy atom. The average Bonchev–Trinajstić information content (AvgIpc) is 2.90. The van der Waals surface area contributed by atoms with Gasteiger partial charge in [0, 0.05) is 38.1 Å². The first-order chi connectivity index (χ1) is 10.7. The smallest absolute Gasteiger partial charge is 0.228 e. The zero-order valence-corrected chi connectivity index (χ0v) is 14.0. The van der Waals surface area contributed by atoms with E-state index in [0.29, 0.717) is 0 Å². The monoisotopic (exact) mass is 319 g/mol. The maximum atomic E-state index is 10.8. The van der Waals surface area contributed by atoms with E-state index in [2.05, 4.69) is 24.1 Å². The Bertz CT molecular complexity index is 691. The number of anilines is 2. The van der Waals surface area contributed by atoms with E-state index in [1.807, 2.05) is 7.05 Å². The number of rotatable bonds is 4. The highest BCUT2D eigenvalue weighted by Gasteiger charge is 2.21. The SMILES string of the molecule is CCc1sc2nc(N3CCN(C=O)CC3)nc(NC)c2c1C. The van der Waals surface area contributed by atoms with Crippen LogP contribution >= 0.6 is 11.3 Å². The van der Waals surface area contributed by atoms with Crippen molar-refractivity contribution in [3.8, 4) is 0 Å². The van der Waals surface area contributed by atoms with Crippen LogP contribution in [0, 0.1) is 6.92 Å². The van der Waals surface area contributed by atoms with Gasteiger partial charge in [0.25, 0.3) is 0 Å². The molecule has 0 bridgehead atoms. The van der Waals surface area contributed by atoms with Crippen molar-refractivity contribution in [1.29, 1.82) is 0 Å². The molecular formula is C15H21N5OS. The summed E-state index contributed by atoms with van der Waals surface area (Å²) in [6.07, 6.45) is 1.93. The Morgan fingerprint density at radius 2 is 2.00 bits per heavy atom. The van der Waals surface area contributed by atoms with Crippen LogP contribution in [-0.4, -0.2) is 54.5 Å². The van der Waals surface area contributed by atoms with Gasteiger partial charge in [-0.1, -0.05) is 6.92 Å². The third-order valence-electron chi connectivity index (χ3n) is 4.18. The first kappa shape index (κ1) is 15.0. The van der Waals surface area contributed by atoms with Crippen molar-refractivity contribution in [2.45, 2.75) is 20.3 Å². The molecule has 0 radical (unpaired) electrons. The molecule has 0 saturated carbocycles. The summed E-state index contributed by atoms with van der Waals surface area (Å²) in [5, 5.41) is 4.35. The number of nitrogens with one attached hydrogen (secondary N) is 1. The number of aryl methyl sites for hydroxylation is 2. The van der Waals surface area contributed by atoms with Gasteiger partial charge in [0.05, 0.1) is 5.39 Å². The predicted molar refractivity (Wildman–Crippen MR) is 90.9 cm³/mol. The van der Waals surface area contributed by atoms with Gasteiger partial charge in [-0.2, -0.15) is 4.98 Å². The fourth-order valence-electron chi connectivity index (χ4n) is 2.86. The molecule has 0 unspecified atom stereocenters. The molecule has 1 saturated heterocycles. The predicted octanol–water partition coefficient (Wildman–Crippen LogP) is 1.88. The van der Waals surface area contributed by atoms with E-state index in [4.69, 9.17) is 9.97 Å². The van der Waals surface area contributed by atoms with E-state index in [0.717, 1.165) is 61.0 Å². The highest BCUT2D eigenvalue weighted by atomic mass is 32.1. The number of carbonyl (C=O) groups is 1. The van der Waals surface area contributed by atoms with Crippen molar-refractivity contribution >= 4 is 39.7 Å². The van der Waals surface area contributed by atoms with Crippen LogP contribution in [0.2, 0.25) is 0 Å². The number of nitrogens with zero attached hydrogens (tertiary/aromatic N) is 4. The number of hydrogen-bond donors (Lipinski definition) is 1. The van der Waals surface area contributed by atoms with Crippen molar-refractivity contribution in [3.63, 3.8) is 0 Å². The summed E-state index contributed by atoms with van der Waals surface area (Å²) in [7, 11) is 1.90. The summed E-state index contributed by atoms with van der Waals surface area (Å²) < 4.78 is 0. The minimum Gasteiger partial charge on any atom is -0.372 e. The largest absolute Gasteiger partial charge is 0.372 e. The highest BCUT2D eigenvalue weighted by Crippen LogP contribution is 2.35. The maximum absolute atomic E-state index is 10.8. The molecule has 0 aliphatic carbocycles. The molecule has 1 amide bonds. The zero-order valence-electron chi connectivity index (χ0n) is 13.2. The Morgan fingerprint density at radius 3 is 2.59 bits per heavy atom. The maximum Gasteiger partial charge on any atom is 0.228 e. The molecule has 1 N–H and O–H groups in total. The topological polar surface area (TPSA) is 61.4 Å². The molecule has 2 aromatic heterocycles. The van der Waals surface area contributed by atoms with Crippen LogP contribution in [0.15, 0.2) is 0 Å². The molecule has 0 spiro atoms. The molecule has 118 valence electrons.